The molecule has 0 aliphatic heterocycles. The van der Waals surface area contributed by atoms with E-state index in [2.05, 4.69) is 26.1 Å². The molecule has 1 heterocycles. The number of nitrogens with one attached hydrogen (secondary N) is 3. The van der Waals surface area contributed by atoms with E-state index in [4.69, 9.17) is 4.74 Å². The molecule has 3 amide bonds. The van der Waals surface area contributed by atoms with E-state index in [1.807, 2.05) is 70.1 Å². The standard InChI is InChI=1S/C25H32N6O3S/c1-6-16(3)21(27-24(33)26-19-10-8-9-11-20(19)34-7-2)22(32)28-25-30-29-23(35-25)17-12-14-18(15-13-17)31(4)5/h8-16,21H,6-7H2,1-5H3,(H2,26,27,33)(H,28,30,32). The molecule has 2 atom stereocenters. The van der Waals surface area contributed by atoms with Gasteiger partial charge in [-0.2, -0.15) is 0 Å². The number of nitrogens with zero attached hydrogens (tertiary/aromatic N) is 3. The Bertz CT molecular complexity index is 1130. The molecule has 2 unspecified atom stereocenters. The maximum absolute atomic E-state index is 13.1. The van der Waals surface area contributed by atoms with E-state index in [1.165, 1.54) is 11.3 Å². The third-order valence-corrected chi connectivity index (χ3v) is 6.39. The molecule has 2 aromatic carbocycles. The van der Waals surface area contributed by atoms with Crippen LogP contribution in [0.3, 0.4) is 0 Å². The minimum absolute atomic E-state index is 0.103. The molecule has 0 fully saturated rings. The van der Waals surface area contributed by atoms with Gasteiger partial charge >= 0.3 is 6.03 Å². The van der Waals surface area contributed by atoms with Crippen LogP contribution in [0.2, 0.25) is 0 Å². The number of hydrogen-bond donors (Lipinski definition) is 3. The van der Waals surface area contributed by atoms with E-state index in [1.54, 1.807) is 18.2 Å². The van der Waals surface area contributed by atoms with E-state index in [-0.39, 0.29) is 11.8 Å². The first kappa shape index (κ1) is 26.0. The van der Waals surface area contributed by atoms with Crippen molar-refractivity contribution in [2.75, 3.05) is 36.2 Å². The van der Waals surface area contributed by atoms with Gasteiger partial charge in [0.25, 0.3) is 0 Å². The molecule has 0 radical (unpaired) electrons. The molecule has 1 aromatic heterocycles. The molecule has 0 aliphatic rings. The Morgan fingerprint density at radius 1 is 1.03 bits per heavy atom. The second kappa shape index (κ2) is 12.2. The fraction of sp³-hybridized carbons (Fsp3) is 0.360. The number of amides is 3. The highest BCUT2D eigenvalue weighted by molar-refractivity contribution is 7.18. The molecule has 3 aromatic rings. The highest BCUT2D eigenvalue weighted by Gasteiger charge is 2.27. The highest BCUT2D eigenvalue weighted by Crippen LogP contribution is 2.28. The zero-order valence-corrected chi connectivity index (χ0v) is 21.5. The van der Waals surface area contributed by atoms with Crippen molar-refractivity contribution in [3.05, 3.63) is 48.5 Å². The summed E-state index contributed by atoms with van der Waals surface area (Å²) in [5, 5.41) is 17.8. The molecule has 10 heteroatoms. The predicted molar refractivity (Wildman–Crippen MR) is 141 cm³/mol. The molecular weight excluding hydrogens is 464 g/mol. The number of hydrogen-bond acceptors (Lipinski definition) is 7. The van der Waals surface area contributed by atoms with Crippen LogP contribution in [0.1, 0.15) is 27.2 Å². The summed E-state index contributed by atoms with van der Waals surface area (Å²) in [5.74, 6) is 0.113. The monoisotopic (exact) mass is 496 g/mol. The molecule has 35 heavy (non-hydrogen) atoms. The summed E-state index contributed by atoms with van der Waals surface area (Å²) < 4.78 is 5.56. The Morgan fingerprint density at radius 2 is 1.74 bits per heavy atom. The van der Waals surface area contributed by atoms with Crippen LogP contribution in [-0.2, 0) is 4.79 Å². The van der Waals surface area contributed by atoms with Crippen LogP contribution in [-0.4, -0.2) is 48.9 Å². The van der Waals surface area contributed by atoms with E-state index >= 15 is 0 Å². The lowest BCUT2D eigenvalue weighted by Crippen LogP contribution is -2.49. The molecule has 0 aliphatic carbocycles. The van der Waals surface area contributed by atoms with Crippen LogP contribution in [0.4, 0.5) is 21.3 Å². The van der Waals surface area contributed by atoms with Crippen molar-refractivity contribution in [1.82, 2.24) is 15.5 Å². The van der Waals surface area contributed by atoms with Gasteiger partial charge in [-0.1, -0.05) is 43.7 Å². The first-order valence-electron chi connectivity index (χ1n) is 11.5. The van der Waals surface area contributed by atoms with Gasteiger partial charge in [0, 0.05) is 25.3 Å². The van der Waals surface area contributed by atoms with Gasteiger partial charge in [0.2, 0.25) is 11.0 Å². The third-order valence-electron chi connectivity index (χ3n) is 5.50. The van der Waals surface area contributed by atoms with Crippen LogP contribution in [0.15, 0.2) is 48.5 Å². The molecule has 0 saturated carbocycles. The van der Waals surface area contributed by atoms with Crippen molar-refractivity contribution in [3.8, 4) is 16.3 Å². The average molecular weight is 497 g/mol. The normalized spacial score (nSPS) is 12.4. The quantitative estimate of drug-likeness (QED) is 0.370. The third kappa shape index (κ3) is 6.92. The number of urea groups is 1. The molecule has 186 valence electrons. The summed E-state index contributed by atoms with van der Waals surface area (Å²) >= 11 is 1.28. The van der Waals surface area contributed by atoms with Crippen molar-refractivity contribution < 1.29 is 14.3 Å². The molecule has 0 saturated heterocycles. The summed E-state index contributed by atoms with van der Waals surface area (Å²) in [6, 6.07) is 13.8. The maximum atomic E-state index is 13.1. The number of carbonyl (C=O) groups excluding carboxylic acids is 2. The van der Waals surface area contributed by atoms with Gasteiger partial charge in [0.15, 0.2) is 0 Å². The number of rotatable bonds is 10. The minimum atomic E-state index is -0.758. The second-order valence-electron chi connectivity index (χ2n) is 8.23. The summed E-state index contributed by atoms with van der Waals surface area (Å²) in [6.45, 7) is 6.23. The largest absolute Gasteiger partial charge is 0.492 e. The number of anilines is 3. The van der Waals surface area contributed by atoms with Crippen LogP contribution in [0.25, 0.3) is 10.6 Å². The van der Waals surface area contributed by atoms with Gasteiger partial charge in [0.1, 0.15) is 16.8 Å². The van der Waals surface area contributed by atoms with Crippen molar-refractivity contribution in [2.24, 2.45) is 5.92 Å². The predicted octanol–water partition coefficient (Wildman–Crippen LogP) is 4.84. The second-order valence-corrected chi connectivity index (χ2v) is 9.21. The fourth-order valence-corrected chi connectivity index (χ4v) is 4.08. The molecule has 9 nitrogen and oxygen atoms in total. The van der Waals surface area contributed by atoms with Crippen molar-refractivity contribution in [2.45, 2.75) is 33.2 Å². The van der Waals surface area contributed by atoms with E-state index in [0.29, 0.717) is 34.6 Å². The lowest BCUT2D eigenvalue weighted by molar-refractivity contribution is -0.119. The molecular formula is C25H32N6O3S. The van der Waals surface area contributed by atoms with Crippen LogP contribution >= 0.6 is 11.3 Å². The highest BCUT2D eigenvalue weighted by atomic mass is 32.1. The number of ether oxygens (including phenoxy) is 1. The fourth-order valence-electron chi connectivity index (χ4n) is 3.33. The van der Waals surface area contributed by atoms with Crippen LogP contribution < -0.4 is 25.6 Å². The first-order chi connectivity index (χ1) is 16.8. The lowest BCUT2D eigenvalue weighted by atomic mass is 9.98. The number of carbonyl (C=O) groups is 2. The zero-order valence-electron chi connectivity index (χ0n) is 20.7. The van der Waals surface area contributed by atoms with Crippen LogP contribution in [0.5, 0.6) is 5.75 Å². The van der Waals surface area contributed by atoms with Crippen molar-refractivity contribution in [3.63, 3.8) is 0 Å². The molecule has 0 bridgehead atoms. The number of benzene rings is 2. The van der Waals surface area contributed by atoms with Gasteiger partial charge in [-0.05, 0) is 49.2 Å². The minimum Gasteiger partial charge on any atom is -0.492 e. The zero-order chi connectivity index (χ0) is 25.4. The van der Waals surface area contributed by atoms with Gasteiger partial charge in [-0.25, -0.2) is 4.79 Å². The smallest absolute Gasteiger partial charge is 0.320 e. The van der Waals surface area contributed by atoms with Gasteiger partial charge in [-0.15, -0.1) is 10.2 Å². The number of para-hydroxylation sites is 2. The number of aromatic nitrogens is 2. The van der Waals surface area contributed by atoms with Gasteiger partial charge < -0.3 is 20.3 Å². The first-order valence-corrected chi connectivity index (χ1v) is 12.4. The van der Waals surface area contributed by atoms with Crippen LogP contribution in [0, 0.1) is 5.92 Å². The SMILES string of the molecule is CCOc1ccccc1NC(=O)NC(C(=O)Nc1nnc(-c2ccc(N(C)C)cc2)s1)C(C)CC. The summed E-state index contributed by atoms with van der Waals surface area (Å²) in [7, 11) is 3.96. The Hall–Kier alpha value is -3.66. The molecule has 3 rings (SSSR count). The van der Waals surface area contributed by atoms with Crippen molar-refractivity contribution in [1.29, 1.82) is 0 Å². The van der Waals surface area contributed by atoms with Gasteiger partial charge in [-0.3, -0.25) is 10.1 Å². The molecule has 0 spiro atoms. The Kier molecular flexibility index (Phi) is 9.02. The Morgan fingerprint density at radius 3 is 2.40 bits per heavy atom. The summed E-state index contributed by atoms with van der Waals surface area (Å²) in [6.07, 6.45) is 0.702. The maximum Gasteiger partial charge on any atom is 0.320 e. The average Bonchev–Trinajstić information content (AvgIpc) is 3.31. The Labute approximate surface area is 209 Å². The molecule has 3 N–H and O–H groups in total. The lowest BCUT2D eigenvalue weighted by Gasteiger charge is -2.23. The Balaban J connectivity index is 1.68. The van der Waals surface area contributed by atoms with E-state index in [0.717, 1.165) is 11.3 Å². The van der Waals surface area contributed by atoms with E-state index < -0.39 is 12.1 Å². The topological polar surface area (TPSA) is 108 Å². The van der Waals surface area contributed by atoms with Gasteiger partial charge in [0.05, 0.1) is 12.3 Å². The van der Waals surface area contributed by atoms with Crippen molar-refractivity contribution >= 4 is 39.8 Å². The van der Waals surface area contributed by atoms with E-state index in [9.17, 15) is 9.59 Å². The summed E-state index contributed by atoms with van der Waals surface area (Å²) in [5.41, 5.74) is 2.53. The summed E-state index contributed by atoms with van der Waals surface area (Å²) in [4.78, 5) is 27.8.